The molecule has 6 heteroatoms. The molecule has 0 radical (unpaired) electrons. The van der Waals surface area contributed by atoms with Crippen LogP contribution in [0.5, 0.6) is 0 Å². The van der Waals surface area contributed by atoms with Crippen LogP contribution < -0.4 is 5.32 Å². The van der Waals surface area contributed by atoms with E-state index in [0.29, 0.717) is 31.2 Å². The lowest BCUT2D eigenvalue weighted by Crippen LogP contribution is -2.59. The van der Waals surface area contributed by atoms with Crippen LogP contribution in [-0.4, -0.2) is 40.5 Å². The highest BCUT2D eigenvalue weighted by Gasteiger charge is 2.63. The van der Waals surface area contributed by atoms with Crippen LogP contribution in [0, 0.1) is 40.4 Å². The zero-order valence-electron chi connectivity index (χ0n) is 18.9. The minimum absolute atomic E-state index is 0.0546. The van der Waals surface area contributed by atoms with Crippen LogP contribution in [0.25, 0.3) is 0 Å². The number of carbonyl (C=O) groups excluding carboxylic acids is 2. The Morgan fingerprint density at radius 1 is 1.20 bits per heavy atom. The summed E-state index contributed by atoms with van der Waals surface area (Å²) in [5, 5.41) is 23.6. The van der Waals surface area contributed by atoms with E-state index in [9.17, 15) is 24.6 Å². The molecule has 3 aliphatic carbocycles. The normalized spacial score (nSPS) is 40.7. The van der Waals surface area contributed by atoms with Gasteiger partial charge in [-0.25, -0.2) is 0 Å². The average Bonchev–Trinajstić information content (AvgIpc) is 2.99. The third-order valence-electron chi connectivity index (χ3n) is 8.72. The fourth-order valence-electron chi connectivity index (χ4n) is 7.13. The van der Waals surface area contributed by atoms with E-state index in [2.05, 4.69) is 26.1 Å². The Hall–Kier alpha value is -1.43. The molecule has 6 nitrogen and oxygen atoms in total. The highest BCUT2D eigenvalue weighted by Crippen LogP contribution is 2.64. The van der Waals surface area contributed by atoms with Gasteiger partial charge in [0, 0.05) is 36.6 Å². The van der Waals surface area contributed by atoms with Crippen molar-refractivity contribution in [3.8, 4) is 0 Å². The van der Waals surface area contributed by atoms with Crippen LogP contribution in [0.3, 0.4) is 0 Å². The predicted octanol–water partition coefficient (Wildman–Crippen LogP) is 3.41. The molecule has 0 aromatic rings. The Morgan fingerprint density at radius 3 is 2.53 bits per heavy atom. The smallest absolute Gasteiger partial charge is 0.303 e. The largest absolute Gasteiger partial charge is 0.481 e. The monoisotopic (exact) mass is 421 g/mol. The first-order valence-electron chi connectivity index (χ1n) is 11.7. The second kappa shape index (κ2) is 8.60. The maximum absolute atomic E-state index is 13.0. The summed E-state index contributed by atoms with van der Waals surface area (Å²) in [5.74, 6) is -0.0155. The molecule has 3 aliphatic rings. The highest BCUT2D eigenvalue weighted by atomic mass is 16.4. The maximum atomic E-state index is 13.0. The lowest BCUT2D eigenvalue weighted by atomic mass is 9.47. The summed E-state index contributed by atoms with van der Waals surface area (Å²) < 4.78 is 0. The second-order valence-electron chi connectivity index (χ2n) is 10.9. The lowest BCUT2D eigenvalue weighted by Gasteiger charge is -2.57. The Bertz CT molecular complexity index is 691. The van der Waals surface area contributed by atoms with Gasteiger partial charge in [0.05, 0.1) is 6.10 Å². The van der Waals surface area contributed by atoms with Gasteiger partial charge in [-0.15, -0.1) is 0 Å². The van der Waals surface area contributed by atoms with Gasteiger partial charge in [0.15, 0.2) is 0 Å². The molecule has 3 rings (SSSR count). The van der Waals surface area contributed by atoms with Gasteiger partial charge in [-0.05, 0) is 61.7 Å². The summed E-state index contributed by atoms with van der Waals surface area (Å²) in [5.41, 5.74) is -1.06. The molecule has 0 saturated heterocycles. The summed E-state index contributed by atoms with van der Waals surface area (Å²) in [6, 6.07) is 0. The van der Waals surface area contributed by atoms with Crippen molar-refractivity contribution in [1.82, 2.24) is 5.32 Å². The van der Waals surface area contributed by atoms with E-state index in [0.717, 1.165) is 25.7 Å². The first kappa shape index (κ1) is 23.2. The summed E-state index contributed by atoms with van der Waals surface area (Å²) in [7, 11) is 0. The van der Waals surface area contributed by atoms with Gasteiger partial charge in [-0.3, -0.25) is 14.4 Å². The molecule has 0 aromatic heterocycles. The number of hydrogen-bond acceptors (Lipinski definition) is 4. The van der Waals surface area contributed by atoms with Gasteiger partial charge in [-0.2, -0.15) is 0 Å². The number of amides is 1. The van der Waals surface area contributed by atoms with Crippen LogP contribution >= 0.6 is 0 Å². The van der Waals surface area contributed by atoms with Crippen molar-refractivity contribution in [3.63, 3.8) is 0 Å². The number of rotatable bonds is 7. The first-order valence-corrected chi connectivity index (χ1v) is 11.7. The summed E-state index contributed by atoms with van der Waals surface area (Å²) >= 11 is 0. The van der Waals surface area contributed by atoms with Crippen molar-refractivity contribution in [2.75, 3.05) is 6.54 Å². The summed E-state index contributed by atoms with van der Waals surface area (Å²) in [6.07, 6.45) is 3.96. The number of aliphatic hydroxyl groups is 1. The van der Waals surface area contributed by atoms with E-state index >= 15 is 0 Å². The SMILES string of the molecule is CC(C)CCNC(=O)C1CCC2C3CCC(=O)[C@](C)(CCC(=O)O)C3[C@@H](O)C[C@]12C. The molecule has 0 spiro atoms. The third-order valence-corrected chi connectivity index (χ3v) is 8.72. The van der Waals surface area contributed by atoms with Crippen molar-refractivity contribution in [2.45, 2.75) is 85.2 Å². The number of Topliss-reactive ketones (excluding diaryl/α,β-unsaturated/α-hetero) is 1. The Morgan fingerprint density at radius 2 is 1.90 bits per heavy atom. The quantitative estimate of drug-likeness (QED) is 0.584. The van der Waals surface area contributed by atoms with E-state index < -0.39 is 17.5 Å². The Balaban J connectivity index is 1.80. The zero-order valence-corrected chi connectivity index (χ0v) is 18.9. The molecule has 30 heavy (non-hydrogen) atoms. The van der Waals surface area contributed by atoms with Gasteiger partial charge in [0.2, 0.25) is 5.91 Å². The molecule has 1 amide bonds. The van der Waals surface area contributed by atoms with Crippen LogP contribution in [-0.2, 0) is 14.4 Å². The minimum atomic E-state index is -0.903. The third kappa shape index (κ3) is 4.04. The van der Waals surface area contributed by atoms with E-state index in [4.69, 9.17) is 0 Å². The highest BCUT2D eigenvalue weighted by molar-refractivity contribution is 5.86. The standard InChI is InChI=1S/C24H39NO5/c1-14(2)10-12-25-22(30)17-7-6-16-15-5-8-19(27)23(3,11-9-20(28)29)21(15)18(26)13-24(16,17)4/h14-18,21,26H,5-13H2,1-4H3,(H,25,30)(H,28,29)/t15?,16?,17?,18-,21?,23-,24-/m0/s1. The molecule has 3 N–H and O–H groups in total. The number of nitrogens with one attached hydrogen (secondary N) is 1. The van der Waals surface area contributed by atoms with Crippen molar-refractivity contribution in [2.24, 2.45) is 40.4 Å². The number of carbonyl (C=O) groups is 3. The minimum Gasteiger partial charge on any atom is -0.481 e. The number of aliphatic hydroxyl groups excluding tert-OH is 1. The fraction of sp³-hybridized carbons (Fsp3) is 0.875. The number of fused-ring (bicyclic) bond motifs is 3. The molecule has 0 heterocycles. The van der Waals surface area contributed by atoms with E-state index in [-0.39, 0.29) is 47.7 Å². The van der Waals surface area contributed by atoms with Gasteiger partial charge >= 0.3 is 5.97 Å². The zero-order chi connectivity index (χ0) is 22.3. The molecule has 4 unspecified atom stereocenters. The summed E-state index contributed by atoms with van der Waals surface area (Å²) in [4.78, 5) is 37.1. The van der Waals surface area contributed by atoms with Gasteiger partial charge in [0.1, 0.15) is 5.78 Å². The maximum Gasteiger partial charge on any atom is 0.303 e. The molecule has 170 valence electrons. The number of carboxylic acids is 1. The number of hydrogen-bond donors (Lipinski definition) is 3. The lowest BCUT2D eigenvalue weighted by molar-refractivity contribution is -0.168. The Labute approximate surface area is 180 Å². The molecule has 7 atom stereocenters. The molecular weight excluding hydrogens is 382 g/mol. The molecule has 3 saturated carbocycles. The number of ketones is 1. The van der Waals surface area contributed by atoms with Crippen molar-refractivity contribution in [1.29, 1.82) is 0 Å². The molecule has 0 aromatic carbocycles. The van der Waals surface area contributed by atoms with Crippen LogP contribution in [0.4, 0.5) is 0 Å². The van der Waals surface area contributed by atoms with E-state index in [1.165, 1.54) is 0 Å². The van der Waals surface area contributed by atoms with E-state index in [1.54, 1.807) is 0 Å². The van der Waals surface area contributed by atoms with Crippen LogP contribution in [0.1, 0.15) is 79.1 Å². The average molecular weight is 422 g/mol. The predicted molar refractivity (Wildman–Crippen MR) is 114 cm³/mol. The van der Waals surface area contributed by atoms with Crippen LogP contribution in [0.15, 0.2) is 0 Å². The molecule has 0 aliphatic heterocycles. The number of carboxylic acid groups (broad SMARTS) is 1. The van der Waals surface area contributed by atoms with E-state index in [1.807, 2.05) is 6.92 Å². The fourth-order valence-corrected chi connectivity index (χ4v) is 7.13. The molecule has 0 bridgehead atoms. The Kier molecular flexibility index (Phi) is 6.66. The van der Waals surface area contributed by atoms with Gasteiger partial charge in [0.25, 0.3) is 0 Å². The second-order valence-corrected chi connectivity index (χ2v) is 10.9. The van der Waals surface area contributed by atoms with Crippen LogP contribution in [0.2, 0.25) is 0 Å². The van der Waals surface area contributed by atoms with Gasteiger partial charge in [-0.1, -0.05) is 27.7 Å². The van der Waals surface area contributed by atoms with Gasteiger partial charge < -0.3 is 15.5 Å². The molecule has 3 fully saturated rings. The van der Waals surface area contributed by atoms with Crippen molar-refractivity contribution in [3.05, 3.63) is 0 Å². The number of aliphatic carboxylic acids is 1. The van der Waals surface area contributed by atoms with Crippen molar-refractivity contribution < 1.29 is 24.6 Å². The molecular formula is C24H39NO5. The summed E-state index contributed by atoms with van der Waals surface area (Å²) in [6.45, 7) is 8.99. The van der Waals surface area contributed by atoms with Crippen molar-refractivity contribution >= 4 is 17.7 Å². The topological polar surface area (TPSA) is 104 Å². The first-order chi connectivity index (χ1) is 14.0.